The van der Waals surface area contributed by atoms with Crippen molar-refractivity contribution >= 4 is 5.78 Å². The highest BCUT2D eigenvalue weighted by atomic mass is 16.5. The summed E-state index contributed by atoms with van der Waals surface area (Å²) in [6.45, 7) is 8.53. The fourth-order valence-electron chi connectivity index (χ4n) is 1.55. The number of carbonyl (C=O) groups excluding carboxylic acids is 1. The number of ether oxygens (including phenoxy) is 1. The molecule has 2 heteroatoms. The maximum atomic E-state index is 10.8. The van der Waals surface area contributed by atoms with Gasteiger partial charge in [0.05, 0.1) is 0 Å². The fraction of sp³-hybridized carbons (Fsp3) is 0.500. The molecule has 0 N–H and O–H groups in total. The van der Waals surface area contributed by atoms with Crippen molar-refractivity contribution < 1.29 is 9.53 Å². The maximum absolute atomic E-state index is 10.8. The molecule has 88 valence electrons. The van der Waals surface area contributed by atoms with Gasteiger partial charge < -0.3 is 4.74 Å². The first-order valence-corrected chi connectivity index (χ1v) is 5.59. The first-order chi connectivity index (χ1) is 7.42. The van der Waals surface area contributed by atoms with Gasteiger partial charge in [0.2, 0.25) is 0 Å². The summed E-state index contributed by atoms with van der Waals surface area (Å²) >= 11 is 0. The van der Waals surface area contributed by atoms with Gasteiger partial charge in [-0.25, -0.2) is 0 Å². The molecule has 1 heterocycles. The lowest BCUT2D eigenvalue weighted by Crippen LogP contribution is -2.18. The fourth-order valence-corrected chi connectivity index (χ4v) is 1.55. The number of hydrogen-bond donors (Lipinski definition) is 0. The molecule has 1 aliphatic heterocycles. The summed E-state index contributed by atoms with van der Waals surface area (Å²) in [6, 6.07) is 0. The third-order valence-electron chi connectivity index (χ3n) is 2.62. The molecule has 0 spiro atoms. The molecule has 1 aliphatic rings. The van der Waals surface area contributed by atoms with Crippen LogP contribution in [0, 0.1) is 5.41 Å². The van der Waals surface area contributed by atoms with Gasteiger partial charge in [0, 0.05) is 5.41 Å². The van der Waals surface area contributed by atoms with Gasteiger partial charge >= 0.3 is 0 Å². The van der Waals surface area contributed by atoms with Crippen LogP contribution in [0.15, 0.2) is 35.6 Å². The largest absolute Gasteiger partial charge is 0.493 e. The molecule has 0 aromatic rings. The first-order valence-electron chi connectivity index (χ1n) is 5.59. The lowest BCUT2D eigenvalue weighted by atomic mass is 9.85. The van der Waals surface area contributed by atoms with Crippen molar-refractivity contribution in [3.05, 3.63) is 35.6 Å². The van der Waals surface area contributed by atoms with Crippen molar-refractivity contribution in [3.8, 4) is 0 Å². The molecule has 0 bridgehead atoms. The van der Waals surface area contributed by atoms with Crippen LogP contribution in [0.5, 0.6) is 0 Å². The molecule has 0 unspecified atom stereocenters. The van der Waals surface area contributed by atoms with Crippen LogP contribution in [0.3, 0.4) is 0 Å². The zero-order chi connectivity index (χ0) is 12.2. The number of carbonyl (C=O) groups is 1. The minimum absolute atomic E-state index is 0.0524. The highest BCUT2D eigenvalue weighted by molar-refractivity contribution is 5.87. The van der Waals surface area contributed by atoms with E-state index < -0.39 is 0 Å². The van der Waals surface area contributed by atoms with E-state index in [9.17, 15) is 4.79 Å². The molecule has 16 heavy (non-hydrogen) atoms. The molecule has 0 aliphatic carbocycles. The van der Waals surface area contributed by atoms with E-state index in [0.29, 0.717) is 6.61 Å². The van der Waals surface area contributed by atoms with Gasteiger partial charge in [-0.1, -0.05) is 26.0 Å². The lowest BCUT2D eigenvalue weighted by molar-refractivity contribution is -0.112. The van der Waals surface area contributed by atoms with E-state index in [1.54, 1.807) is 13.0 Å². The summed E-state index contributed by atoms with van der Waals surface area (Å²) in [7, 11) is 0. The highest BCUT2D eigenvalue weighted by Crippen LogP contribution is 2.33. The lowest BCUT2D eigenvalue weighted by Gasteiger charge is -2.28. The Morgan fingerprint density at radius 1 is 1.50 bits per heavy atom. The van der Waals surface area contributed by atoms with E-state index in [-0.39, 0.29) is 11.2 Å². The van der Waals surface area contributed by atoms with E-state index in [0.717, 1.165) is 12.2 Å². The van der Waals surface area contributed by atoms with Gasteiger partial charge in [0.1, 0.15) is 12.4 Å². The van der Waals surface area contributed by atoms with Crippen LogP contribution in [-0.4, -0.2) is 12.4 Å². The summed E-state index contributed by atoms with van der Waals surface area (Å²) in [6.07, 6.45) is 8.46. The normalized spacial score (nSPS) is 16.8. The average Bonchev–Trinajstić information content (AvgIpc) is 2.17. The zero-order valence-electron chi connectivity index (χ0n) is 10.5. The Hall–Kier alpha value is -1.31. The van der Waals surface area contributed by atoms with E-state index in [2.05, 4.69) is 26.8 Å². The maximum Gasteiger partial charge on any atom is 0.152 e. The van der Waals surface area contributed by atoms with Crippen LogP contribution in [0.2, 0.25) is 0 Å². The van der Waals surface area contributed by atoms with E-state index in [1.165, 1.54) is 5.57 Å². The third-order valence-corrected chi connectivity index (χ3v) is 2.62. The number of rotatable bonds is 4. The Morgan fingerprint density at radius 3 is 2.69 bits per heavy atom. The van der Waals surface area contributed by atoms with Crippen LogP contribution in [0.1, 0.15) is 34.1 Å². The van der Waals surface area contributed by atoms with Gasteiger partial charge in [0.25, 0.3) is 0 Å². The van der Waals surface area contributed by atoms with Crippen LogP contribution < -0.4 is 0 Å². The van der Waals surface area contributed by atoms with E-state index in [1.807, 2.05) is 12.2 Å². The molecule has 0 aromatic carbocycles. The predicted octanol–water partition coefficient (Wildman–Crippen LogP) is 3.41. The molecule has 0 saturated carbocycles. The van der Waals surface area contributed by atoms with E-state index in [4.69, 9.17) is 4.74 Å². The summed E-state index contributed by atoms with van der Waals surface area (Å²) in [5.41, 5.74) is 1.18. The Kier molecular flexibility index (Phi) is 4.11. The molecule has 1 rings (SSSR count). The highest BCUT2D eigenvalue weighted by Gasteiger charge is 2.24. The molecule has 0 aromatic heterocycles. The molecule has 0 atom stereocenters. The van der Waals surface area contributed by atoms with E-state index >= 15 is 0 Å². The van der Waals surface area contributed by atoms with Crippen LogP contribution in [-0.2, 0) is 9.53 Å². The van der Waals surface area contributed by atoms with Crippen molar-refractivity contribution in [2.75, 3.05) is 6.61 Å². The Labute approximate surface area is 97.7 Å². The molecule has 0 fully saturated rings. The standard InChI is InChI=1S/C14H20O2/c1-11-7-8-13(16-10-11)14(3,4)9-5-6-12(2)15/h5-8H,9-10H2,1-4H3/b6-5-. The second-order valence-electron chi connectivity index (χ2n) is 4.93. The smallest absolute Gasteiger partial charge is 0.152 e. The minimum Gasteiger partial charge on any atom is -0.493 e. The Bertz CT molecular complexity index is 357. The summed E-state index contributed by atoms with van der Waals surface area (Å²) < 4.78 is 5.69. The van der Waals surface area contributed by atoms with Gasteiger partial charge in [-0.15, -0.1) is 0 Å². The molecular weight excluding hydrogens is 200 g/mol. The molecule has 2 nitrogen and oxygen atoms in total. The monoisotopic (exact) mass is 220 g/mol. The van der Waals surface area contributed by atoms with Crippen LogP contribution in [0.4, 0.5) is 0 Å². The summed E-state index contributed by atoms with van der Waals surface area (Å²) in [5.74, 6) is 1.08. The molecule has 0 radical (unpaired) electrons. The summed E-state index contributed by atoms with van der Waals surface area (Å²) in [5, 5.41) is 0. The van der Waals surface area contributed by atoms with Crippen molar-refractivity contribution in [1.82, 2.24) is 0 Å². The topological polar surface area (TPSA) is 26.3 Å². The molecular formula is C14H20O2. The minimum atomic E-state index is -0.0524. The van der Waals surface area contributed by atoms with Gasteiger partial charge in [-0.05, 0) is 38.0 Å². The van der Waals surface area contributed by atoms with Crippen molar-refractivity contribution in [3.63, 3.8) is 0 Å². The quantitative estimate of drug-likeness (QED) is 0.679. The van der Waals surface area contributed by atoms with Crippen molar-refractivity contribution in [2.24, 2.45) is 5.41 Å². The Balaban J connectivity index is 2.67. The first kappa shape index (κ1) is 12.8. The second-order valence-corrected chi connectivity index (χ2v) is 4.93. The number of ketones is 1. The second kappa shape index (κ2) is 5.15. The van der Waals surface area contributed by atoms with Gasteiger partial charge in [-0.3, -0.25) is 4.79 Å². The van der Waals surface area contributed by atoms with Crippen LogP contribution >= 0.6 is 0 Å². The molecule has 0 amide bonds. The van der Waals surface area contributed by atoms with Crippen LogP contribution in [0.25, 0.3) is 0 Å². The zero-order valence-corrected chi connectivity index (χ0v) is 10.5. The van der Waals surface area contributed by atoms with Gasteiger partial charge in [-0.2, -0.15) is 0 Å². The number of allylic oxidation sites excluding steroid dienone is 5. The van der Waals surface area contributed by atoms with Gasteiger partial charge in [0.15, 0.2) is 5.78 Å². The molecule has 0 saturated heterocycles. The predicted molar refractivity (Wildman–Crippen MR) is 66.0 cm³/mol. The third kappa shape index (κ3) is 3.69. The number of hydrogen-bond acceptors (Lipinski definition) is 2. The SMILES string of the molecule is CC(=O)/C=C\CC(C)(C)C1=CC=C(C)CO1. The average molecular weight is 220 g/mol. The summed E-state index contributed by atoms with van der Waals surface area (Å²) in [4.78, 5) is 10.8. The van der Waals surface area contributed by atoms with Crippen molar-refractivity contribution in [1.29, 1.82) is 0 Å². The van der Waals surface area contributed by atoms with Crippen molar-refractivity contribution in [2.45, 2.75) is 34.1 Å². The Morgan fingerprint density at radius 2 is 2.19 bits per heavy atom.